The summed E-state index contributed by atoms with van der Waals surface area (Å²) in [4.78, 5) is 11.6. The molecule has 14 heavy (non-hydrogen) atoms. The number of nitrogens with two attached hydrogens (primary N) is 1. The van der Waals surface area contributed by atoms with E-state index in [0.717, 1.165) is 29.6 Å². The third-order valence-corrected chi connectivity index (χ3v) is 3.45. The SMILES string of the molecule is NCC1CCCn2c1c(Br)ccc2=O. The van der Waals surface area contributed by atoms with Gasteiger partial charge in [0.1, 0.15) is 0 Å². The highest BCUT2D eigenvalue weighted by Gasteiger charge is 2.21. The number of aromatic nitrogens is 1. The van der Waals surface area contributed by atoms with Crippen molar-refractivity contribution in [1.82, 2.24) is 4.57 Å². The fourth-order valence-corrected chi connectivity index (χ4v) is 2.75. The molecule has 0 aromatic carbocycles. The van der Waals surface area contributed by atoms with Gasteiger partial charge in [0.05, 0.1) is 0 Å². The number of nitrogens with zero attached hydrogens (tertiary/aromatic N) is 1. The van der Waals surface area contributed by atoms with Gasteiger partial charge in [-0.3, -0.25) is 4.79 Å². The predicted molar refractivity (Wildman–Crippen MR) is 59.4 cm³/mol. The molecule has 2 heterocycles. The van der Waals surface area contributed by atoms with Crippen molar-refractivity contribution >= 4 is 15.9 Å². The van der Waals surface area contributed by atoms with E-state index in [2.05, 4.69) is 15.9 Å². The predicted octanol–water partition coefficient (Wildman–Crippen LogP) is 1.45. The van der Waals surface area contributed by atoms with Gasteiger partial charge in [-0.05, 0) is 34.8 Å². The summed E-state index contributed by atoms with van der Waals surface area (Å²) in [6, 6.07) is 3.43. The van der Waals surface area contributed by atoms with Crippen molar-refractivity contribution in [1.29, 1.82) is 0 Å². The molecule has 0 fully saturated rings. The lowest BCUT2D eigenvalue weighted by atomic mass is 9.95. The van der Waals surface area contributed by atoms with E-state index in [9.17, 15) is 4.79 Å². The van der Waals surface area contributed by atoms with Crippen LogP contribution in [0.15, 0.2) is 21.4 Å². The zero-order valence-electron chi connectivity index (χ0n) is 7.87. The molecule has 0 aliphatic carbocycles. The van der Waals surface area contributed by atoms with Gasteiger partial charge in [0.15, 0.2) is 0 Å². The monoisotopic (exact) mass is 256 g/mol. The molecule has 2 rings (SSSR count). The number of hydrogen-bond acceptors (Lipinski definition) is 2. The second kappa shape index (κ2) is 3.87. The molecule has 0 saturated heterocycles. The topological polar surface area (TPSA) is 48.0 Å². The van der Waals surface area contributed by atoms with E-state index in [1.165, 1.54) is 0 Å². The molecule has 3 nitrogen and oxygen atoms in total. The number of pyridine rings is 1. The van der Waals surface area contributed by atoms with Crippen molar-refractivity contribution in [2.24, 2.45) is 5.73 Å². The molecule has 1 aliphatic heterocycles. The highest BCUT2D eigenvalue weighted by Crippen LogP contribution is 2.30. The maximum Gasteiger partial charge on any atom is 0.250 e. The fraction of sp³-hybridized carbons (Fsp3) is 0.500. The number of rotatable bonds is 1. The van der Waals surface area contributed by atoms with Gasteiger partial charge < -0.3 is 10.3 Å². The van der Waals surface area contributed by atoms with Crippen LogP contribution in [0, 0.1) is 0 Å². The summed E-state index contributed by atoms with van der Waals surface area (Å²) >= 11 is 3.48. The minimum Gasteiger partial charge on any atom is -0.330 e. The van der Waals surface area contributed by atoms with Gasteiger partial charge >= 0.3 is 0 Å². The van der Waals surface area contributed by atoms with Gasteiger partial charge in [-0.2, -0.15) is 0 Å². The molecule has 0 bridgehead atoms. The van der Waals surface area contributed by atoms with Gasteiger partial charge in [0.2, 0.25) is 0 Å². The van der Waals surface area contributed by atoms with Crippen molar-refractivity contribution in [3.63, 3.8) is 0 Å². The van der Waals surface area contributed by atoms with Gasteiger partial charge in [0.25, 0.3) is 5.56 Å². The maximum absolute atomic E-state index is 11.6. The van der Waals surface area contributed by atoms with Crippen LogP contribution in [0.2, 0.25) is 0 Å². The lowest BCUT2D eigenvalue weighted by Gasteiger charge is -2.26. The maximum atomic E-state index is 11.6. The Morgan fingerprint density at radius 3 is 3.07 bits per heavy atom. The van der Waals surface area contributed by atoms with Crippen LogP contribution in [0.25, 0.3) is 0 Å². The Bertz CT molecular complexity index is 400. The third kappa shape index (κ3) is 1.53. The minimum atomic E-state index is 0.0846. The van der Waals surface area contributed by atoms with E-state index >= 15 is 0 Å². The van der Waals surface area contributed by atoms with Crippen LogP contribution >= 0.6 is 15.9 Å². The number of hydrogen-bond donors (Lipinski definition) is 1. The molecule has 76 valence electrons. The summed E-state index contributed by atoms with van der Waals surface area (Å²) in [5.74, 6) is 0.326. The van der Waals surface area contributed by atoms with E-state index in [-0.39, 0.29) is 5.56 Å². The summed E-state index contributed by atoms with van der Waals surface area (Å²) in [5.41, 5.74) is 6.86. The van der Waals surface area contributed by atoms with E-state index < -0.39 is 0 Å². The molecule has 0 radical (unpaired) electrons. The average Bonchev–Trinajstić information content (AvgIpc) is 2.23. The molecule has 0 saturated carbocycles. The summed E-state index contributed by atoms with van der Waals surface area (Å²) in [6.07, 6.45) is 2.13. The van der Waals surface area contributed by atoms with Gasteiger partial charge in [-0.15, -0.1) is 0 Å². The zero-order valence-corrected chi connectivity index (χ0v) is 9.46. The van der Waals surface area contributed by atoms with Crippen LogP contribution in [0.1, 0.15) is 24.5 Å². The van der Waals surface area contributed by atoms with Crippen molar-refractivity contribution in [3.05, 3.63) is 32.7 Å². The van der Waals surface area contributed by atoms with Crippen molar-refractivity contribution in [2.75, 3.05) is 6.54 Å². The van der Waals surface area contributed by atoms with Crippen LogP contribution in [0.5, 0.6) is 0 Å². The van der Waals surface area contributed by atoms with Crippen molar-refractivity contribution in [2.45, 2.75) is 25.3 Å². The Morgan fingerprint density at radius 1 is 1.57 bits per heavy atom. The van der Waals surface area contributed by atoms with E-state index in [1.807, 2.05) is 10.6 Å². The van der Waals surface area contributed by atoms with Crippen LogP contribution in [-0.4, -0.2) is 11.1 Å². The zero-order chi connectivity index (χ0) is 10.1. The summed E-state index contributed by atoms with van der Waals surface area (Å²) in [5, 5.41) is 0. The fourth-order valence-electron chi connectivity index (χ4n) is 2.08. The van der Waals surface area contributed by atoms with E-state index in [0.29, 0.717) is 12.5 Å². The standard InChI is InChI=1S/C10H13BrN2O/c11-8-3-4-9(14)13-5-1-2-7(6-12)10(8)13/h3-4,7H,1-2,5-6,12H2. The Hall–Kier alpha value is -0.610. The lowest BCUT2D eigenvalue weighted by molar-refractivity contribution is 0.442. The Balaban J connectivity index is 2.61. The molecule has 0 amide bonds. The molecular formula is C10H13BrN2O. The smallest absolute Gasteiger partial charge is 0.250 e. The summed E-state index contributed by atoms with van der Waals surface area (Å²) in [7, 11) is 0. The van der Waals surface area contributed by atoms with Crippen LogP contribution in [0.4, 0.5) is 0 Å². The Labute approximate surface area is 91.0 Å². The molecule has 1 aromatic heterocycles. The Morgan fingerprint density at radius 2 is 2.36 bits per heavy atom. The highest BCUT2D eigenvalue weighted by molar-refractivity contribution is 9.10. The van der Waals surface area contributed by atoms with E-state index in [4.69, 9.17) is 5.73 Å². The first-order valence-electron chi connectivity index (χ1n) is 4.83. The quantitative estimate of drug-likeness (QED) is 0.827. The summed E-state index contributed by atoms with van der Waals surface area (Å²) < 4.78 is 2.85. The van der Waals surface area contributed by atoms with Crippen LogP contribution in [-0.2, 0) is 6.54 Å². The first-order valence-corrected chi connectivity index (χ1v) is 5.62. The lowest BCUT2D eigenvalue weighted by Crippen LogP contribution is -2.31. The van der Waals surface area contributed by atoms with Gasteiger partial charge in [0, 0.05) is 35.2 Å². The normalized spacial score (nSPS) is 20.6. The molecule has 4 heteroatoms. The third-order valence-electron chi connectivity index (χ3n) is 2.78. The largest absolute Gasteiger partial charge is 0.330 e. The van der Waals surface area contributed by atoms with E-state index in [1.54, 1.807) is 6.07 Å². The highest BCUT2D eigenvalue weighted by atomic mass is 79.9. The minimum absolute atomic E-state index is 0.0846. The number of fused-ring (bicyclic) bond motifs is 1. The molecule has 1 aromatic rings. The molecule has 0 spiro atoms. The first kappa shape index (κ1) is 9.93. The second-order valence-electron chi connectivity index (χ2n) is 3.63. The van der Waals surface area contributed by atoms with Crippen LogP contribution < -0.4 is 11.3 Å². The molecule has 1 aliphatic rings. The second-order valence-corrected chi connectivity index (χ2v) is 4.49. The Kier molecular flexibility index (Phi) is 2.74. The molecule has 1 unspecified atom stereocenters. The van der Waals surface area contributed by atoms with Gasteiger partial charge in [-0.1, -0.05) is 0 Å². The van der Waals surface area contributed by atoms with Gasteiger partial charge in [-0.25, -0.2) is 0 Å². The number of halogens is 1. The molecule has 2 N–H and O–H groups in total. The summed E-state index contributed by atoms with van der Waals surface area (Å²) in [6.45, 7) is 1.44. The molecular weight excluding hydrogens is 244 g/mol. The van der Waals surface area contributed by atoms with Crippen LogP contribution in [0.3, 0.4) is 0 Å². The first-order chi connectivity index (χ1) is 6.74. The molecule has 1 atom stereocenters. The van der Waals surface area contributed by atoms with Crippen molar-refractivity contribution in [3.8, 4) is 0 Å². The average molecular weight is 257 g/mol. The van der Waals surface area contributed by atoms with Crippen molar-refractivity contribution < 1.29 is 0 Å².